The molecule has 1 saturated heterocycles. The van der Waals surface area contributed by atoms with E-state index in [0.717, 1.165) is 0 Å². The number of hydrogen-bond donors (Lipinski definition) is 0. The summed E-state index contributed by atoms with van der Waals surface area (Å²) in [5.74, 6) is -3.03. The van der Waals surface area contributed by atoms with Gasteiger partial charge in [0.2, 0.25) is 0 Å². The van der Waals surface area contributed by atoms with Crippen LogP contribution >= 0.6 is 0 Å². The van der Waals surface area contributed by atoms with Crippen molar-refractivity contribution in [2.24, 2.45) is 10.2 Å². The van der Waals surface area contributed by atoms with Crippen molar-refractivity contribution in [3.8, 4) is 6.07 Å². The van der Waals surface area contributed by atoms with Gasteiger partial charge in [-0.05, 0) is 36.8 Å². The molecule has 3 rings (SSSR count). The minimum Gasteiger partial charge on any atom is -0.338 e. The van der Waals surface area contributed by atoms with Crippen molar-refractivity contribution in [1.29, 1.82) is 5.26 Å². The summed E-state index contributed by atoms with van der Waals surface area (Å²) in [5, 5.41) is 17.1. The van der Waals surface area contributed by atoms with E-state index < -0.39 is 11.5 Å². The fourth-order valence-electron chi connectivity index (χ4n) is 2.94. The van der Waals surface area contributed by atoms with Gasteiger partial charge in [0.05, 0.1) is 11.6 Å². The van der Waals surface area contributed by atoms with Gasteiger partial charge in [0.15, 0.2) is 0 Å². The van der Waals surface area contributed by atoms with Gasteiger partial charge in [0.1, 0.15) is 5.54 Å². The zero-order valence-electron chi connectivity index (χ0n) is 13.2. The van der Waals surface area contributed by atoms with Crippen LogP contribution in [0.3, 0.4) is 0 Å². The van der Waals surface area contributed by atoms with E-state index in [4.69, 9.17) is 5.26 Å². The van der Waals surface area contributed by atoms with Gasteiger partial charge >= 0.3 is 0 Å². The number of nitriles is 1. The highest BCUT2D eigenvalue weighted by molar-refractivity contribution is 5.96. The van der Waals surface area contributed by atoms with Crippen LogP contribution in [-0.2, 0) is 5.54 Å². The number of nitrogens with zero attached hydrogens (tertiary/aromatic N) is 4. The molecule has 2 aliphatic rings. The van der Waals surface area contributed by atoms with Gasteiger partial charge < -0.3 is 4.90 Å². The molecular formula is C17H16F2N4O. The summed E-state index contributed by atoms with van der Waals surface area (Å²) in [6, 6.07) is 6.77. The number of piperidine rings is 1. The third-order valence-electron chi connectivity index (χ3n) is 4.44. The summed E-state index contributed by atoms with van der Waals surface area (Å²) in [7, 11) is 0. The first-order valence-electron chi connectivity index (χ1n) is 7.66. The maximum Gasteiger partial charge on any atom is 0.254 e. The Labute approximate surface area is 138 Å². The molecule has 1 atom stereocenters. The van der Waals surface area contributed by atoms with Crippen LogP contribution in [0.2, 0.25) is 0 Å². The lowest BCUT2D eigenvalue weighted by Gasteiger charge is -2.33. The topological polar surface area (TPSA) is 68.8 Å². The lowest BCUT2D eigenvalue weighted by Crippen LogP contribution is -2.43. The number of hydrogen-bond acceptors (Lipinski definition) is 4. The number of rotatable bonds is 2. The predicted molar refractivity (Wildman–Crippen MR) is 82.6 cm³/mol. The van der Waals surface area contributed by atoms with Crippen LogP contribution in [0.1, 0.15) is 41.3 Å². The van der Waals surface area contributed by atoms with E-state index in [1.165, 1.54) is 11.1 Å². The normalized spacial score (nSPS) is 24.8. The number of azo groups is 1. The van der Waals surface area contributed by atoms with E-state index in [2.05, 4.69) is 10.2 Å². The number of benzene rings is 1. The highest BCUT2D eigenvalue weighted by Gasteiger charge is 2.38. The fraction of sp³-hybridized carbons (Fsp3) is 0.412. The smallest absolute Gasteiger partial charge is 0.254 e. The van der Waals surface area contributed by atoms with E-state index in [-0.39, 0.29) is 31.8 Å². The first-order valence-corrected chi connectivity index (χ1v) is 7.66. The molecule has 0 bridgehead atoms. The number of carbonyl (C=O) groups is 1. The highest BCUT2D eigenvalue weighted by atomic mass is 19.3. The van der Waals surface area contributed by atoms with Crippen LogP contribution in [0.5, 0.6) is 0 Å². The van der Waals surface area contributed by atoms with E-state index in [9.17, 15) is 13.6 Å². The Morgan fingerprint density at radius 3 is 2.62 bits per heavy atom. The first kappa shape index (κ1) is 16.2. The van der Waals surface area contributed by atoms with Gasteiger partial charge in [0.25, 0.3) is 11.8 Å². The molecule has 0 radical (unpaired) electrons. The molecule has 1 aromatic rings. The molecule has 5 nitrogen and oxygen atoms in total. The molecule has 0 spiro atoms. The van der Waals surface area contributed by atoms with Crippen molar-refractivity contribution in [2.45, 2.75) is 31.2 Å². The number of alkyl halides is 2. The van der Waals surface area contributed by atoms with Gasteiger partial charge in [-0.3, -0.25) is 4.79 Å². The van der Waals surface area contributed by atoms with E-state index in [0.29, 0.717) is 16.7 Å². The van der Waals surface area contributed by atoms with Gasteiger partial charge in [-0.15, -0.1) is 0 Å². The summed E-state index contributed by atoms with van der Waals surface area (Å²) >= 11 is 0. The Hall–Kier alpha value is -2.62. The van der Waals surface area contributed by atoms with Crippen LogP contribution in [0.15, 0.2) is 40.7 Å². The average molecular weight is 330 g/mol. The molecule has 0 aromatic heterocycles. The first-order chi connectivity index (χ1) is 11.3. The number of halogens is 2. The Morgan fingerprint density at radius 1 is 1.33 bits per heavy atom. The minimum absolute atomic E-state index is 0.0132. The third kappa shape index (κ3) is 2.92. The van der Waals surface area contributed by atoms with Gasteiger partial charge in [-0.1, -0.05) is 0 Å². The van der Waals surface area contributed by atoms with E-state index >= 15 is 0 Å². The van der Waals surface area contributed by atoms with Crippen molar-refractivity contribution in [2.75, 3.05) is 13.1 Å². The summed E-state index contributed by atoms with van der Waals surface area (Å²) in [5.41, 5.74) is 0.495. The molecule has 1 unspecified atom stereocenters. The summed E-state index contributed by atoms with van der Waals surface area (Å²) in [6.45, 7) is 1.82. The summed E-state index contributed by atoms with van der Waals surface area (Å²) < 4.78 is 26.6. The maximum atomic E-state index is 13.3. The summed E-state index contributed by atoms with van der Waals surface area (Å²) in [6.07, 6.45) is 2.61. The average Bonchev–Trinajstić information content (AvgIpc) is 3.01. The molecule has 0 saturated carbocycles. The molecule has 2 aliphatic heterocycles. The fourth-order valence-corrected chi connectivity index (χ4v) is 2.94. The quantitative estimate of drug-likeness (QED) is 0.831. The van der Waals surface area contributed by atoms with Crippen molar-refractivity contribution in [1.82, 2.24) is 4.90 Å². The summed E-state index contributed by atoms with van der Waals surface area (Å²) in [4.78, 5) is 14.3. The van der Waals surface area contributed by atoms with Gasteiger partial charge in [-0.25, -0.2) is 8.78 Å². The van der Waals surface area contributed by atoms with Crippen LogP contribution in [0.25, 0.3) is 0 Å². The van der Waals surface area contributed by atoms with Crippen LogP contribution in [0.4, 0.5) is 8.78 Å². The van der Waals surface area contributed by atoms with Crippen molar-refractivity contribution in [3.63, 3.8) is 0 Å². The molecule has 7 heteroatoms. The van der Waals surface area contributed by atoms with Crippen LogP contribution < -0.4 is 0 Å². The van der Waals surface area contributed by atoms with Crippen LogP contribution in [0, 0.1) is 11.3 Å². The second-order valence-corrected chi connectivity index (χ2v) is 6.20. The molecule has 0 aliphatic carbocycles. The molecule has 124 valence electrons. The molecule has 1 amide bonds. The minimum atomic E-state index is -2.71. The molecule has 2 heterocycles. The van der Waals surface area contributed by atoms with E-state index in [1.807, 2.05) is 6.07 Å². The predicted octanol–water partition coefficient (Wildman–Crippen LogP) is 3.62. The standard InChI is InChI=1S/C17H16F2N4O/c1-16(4-7-21-22-16)14-10-12(11-20)2-3-13(14)15(24)23-8-5-17(18,19)6-9-23/h2-4,7,10H,5-6,8-9H2,1H3. The number of likely N-dealkylation sites (tertiary alicyclic amines) is 1. The zero-order valence-corrected chi connectivity index (χ0v) is 13.2. The second kappa shape index (κ2) is 5.78. The molecule has 1 aromatic carbocycles. The van der Waals surface area contributed by atoms with Crippen molar-refractivity contribution >= 4 is 5.91 Å². The van der Waals surface area contributed by atoms with Gasteiger partial charge in [-0.2, -0.15) is 15.5 Å². The van der Waals surface area contributed by atoms with Crippen LogP contribution in [-0.4, -0.2) is 29.8 Å². The lowest BCUT2D eigenvalue weighted by molar-refractivity contribution is -0.0494. The van der Waals surface area contributed by atoms with Crippen molar-refractivity contribution in [3.05, 3.63) is 47.2 Å². The number of carbonyl (C=O) groups excluding carboxylic acids is 1. The second-order valence-electron chi connectivity index (χ2n) is 6.20. The van der Waals surface area contributed by atoms with E-state index in [1.54, 1.807) is 31.2 Å². The number of amides is 1. The maximum absolute atomic E-state index is 13.3. The van der Waals surface area contributed by atoms with Gasteiger partial charge in [0, 0.05) is 37.7 Å². The Kier molecular flexibility index (Phi) is 3.91. The Balaban J connectivity index is 1.96. The zero-order chi connectivity index (χ0) is 17.4. The molecule has 1 fully saturated rings. The lowest BCUT2D eigenvalue weighted by atomic mass is 9.87. The third-order valence-corrected chi connectivity index (χ3v) is 4.44. The molecule has 0 N–H and O–H groups in total. The molecular weight excluding hydrogens is 314 g/mol. The highest BCUT2D eigenvalue weighted by Crippen LogP contribution is 2.35. The largest absolute Gasteiger partial charge is 0.338 e. The van der Waals surface area contributed by atoms with Crippen molar-refractivity contribution < 1.29 is 13.6 Å². The molecule has 24 heavy (non-hydrogen) atoms. The SMILES string of the molecule is CC1(c2cc(C#N)ccc2C(=O)N2CCC(F)(F)CC2)C=CN=N1. The monoisotopic (exact) mass is 330 g/mol. The Bertz CT molecular complexity index is 757. The Morgan fingerprint density at radius 2 is 2.04 bits per heavy atom.